The van der Waals surface area contributed by atoms with Crippen LogP contribution in [0.2, 0.25) is 0 Å². The highest BCUT2D eigenvalue weighted by atomic mass is 32.1. The third kappa shape index (κ3) is 5.89. The van der Waals surface area contributed by atoms with Crippen LogP contribution in [0.15, 0.2) is 72.2 Å². The molecule has 0 bridgehead atoms. The average Bonchev–Trinajstić information content (AvgIpc) is 3.49. The smallest absolute Gasteiger partial charge is 0.345 e. The normalized spacial score (nSPS) is 10.8. The molecule has 0 atom stereocenters. The molecule has 7 nitrogen and oxygen atoms in total. The lowest BCUT2D eigenvalue weighted by molar-refractivity contribution is 0.0702. The van der Waals surface area contributed by atoms with Crippen molar-refractivity contribution in [2.24, 2.45) is 0 Å². The second-order valence-corrected chi connectivity index (χ2v) is 8.41. The Morgan fingerprint density at radius 2 is 1.79 bits per heavy atom. The molecular formula is C24H21FN4O3S. The molecule has 0 spiro atoms. The number of hydrogen-bond acceptors (Lipinski definition) is 5. The van der Waals surface area contributed by atoms with Gasteiger partial charge < -0.3 is 10.0 Å². The van der Waals surface area contributed by atoms with Crippen LogP contribution in [0.25, 0.3) is 0 Å². The molecule has 4 rings (SSSR count). The van der Waals surface area contributed by atoms with Crippen LogP contribution in [-0.4, -0.2) is 36.9 Å². The second kappa shape index (κ2) is 10.2. The lowest BCUT2D eigenvalue weighted by Crippen LogP contribution is -2.30. The number of carboxylic acids is 1. The fourth-order valence-electron chi connectivity index (χ4n) is 3.36. The number of thiophene rings is 1. The van der Waals surface area contributed by atoms with Gasteiger partial charge in [-0.2, -0.15) is 0 Å². The highest BCUT2D eigenvalue weighted by Gasteiger charge is 2.21. The number of rotatable bonds is 9. The van der Waals surface area contributed by atoms with Crippen LogP contribution < -0.4 is 0 Å². The summed E-state index contributed by atoms with van der Waals surface area (Å²) in [6.07, 6.45) is 2.60. The number of hydrogen-bond donors (Lipinski definition) is 1. The highest BCUT2D eigenvalue weighted by Crippen LogP contribution is 2.19. The number of nitrogens with zero attached hydrogens (tertiary/aromatic N) is 4. The van der Waals surface area contributed by atoms with E-state index in [0.717, 1.165) is 23.3 Å². The summed E-state index contributed by atoms with van der Waals surface area (Å²) in [5.41, 5.74) is 2.83. The van der Waals surface area contributed by atoms with Gasteiger partial charge in [0.1, 0.15) is 16.4 Å². The van der Waals surface area contributed by atoms with Crippen LogP contribution in [0.5, 0.6) is 0 Å². The van der Waals surface area contributed by atoms with Crippen molar-refractivity contribution < 1.29 is 19.1 Å². The molecule has 0 saturated carbocycles. The van der Waals surface area contributed by atoms with Gasteiger partial charge in [-0.1, -0.05) is 47.7 Å². The van der Waals surface area contributed by atoms with Gasteiger partial charge in [-0.15, -0.1) is 16.4 Å². The van der Waals surface area contributed by atoms with Crippen molar-refractivity contribution in [2.45, 2.75) is 26.1 Å². The molecule has 2 heterocycles. The lowest BCUT2D eigenvalue weighted by atomic mass is 10.1. The molecule has 33 heavy (non-hydrogen) atoms. The van der Waals surface area contributed by atoms with E-state index in [0.29, 0.717) is 12.2 Å². The van der Waals surface area contributed by atoms with Crippen LogP contribution in [0.1, 0.15) is 36.9 Å². The van der Waals surface area contributed by atoms with E-state index in [-0.39, 0.29) is 35.3 Å². The predicted molar refractivity (Wildman–Crippen MR) is 121 cm³/mol. The molecule has 1 N–H and O–H groups in total. The molecule has 0 unspecified atom stereocenters. The van der Waals surface area contributed by atoms with Crippen molar-refractivity contribution in [1.29, 1.82) is 0 Å². The standard InChI is InChI=1S/C24H21FN4O3S/c25-20-8-6-18(7-9-20)13-28(23(30)19-12-22(24(31)32)33-16-19)14-21-15-29(27-26-21)11-10-17-4-2-1-3-5-17/h1-9,12,15-16H,10-11,13-14H2,(H,31,32). The van der Waals surface area contributed by atoms with Crippen molar-refractivity contribution >= 4 is 23.2 Å². The van der Waals surface area contributed by atoms with E-state index in [2.05, 4.69) is 10.3 Å². The number of aryl methyl sites for hydroxylation is 2. The van der Waals surface area contributed by atoms with Crippen molar-refractivity contribution in [2.75, 3.05) is 0 Å². The Hall–Kier alpha value is -3.85. The molecule has 0 fully saturated rings. The van der Waals surface area contributed by atoms with Gasteiger partial charge in [-0.25, -0.2) is 9.18 Å². The predicted octanol–water partition coefficient (Wildman–Crippen LogP) is 4.26. The largest absolute Gasteiger partial charge is 0.477 e. The maximum atomic E-state index is 13.3. The first kappa shape index (κ1) is 22.3. The summed E-state index contributed by atoms with van der Waals surface area (Å²) < 4.78 is 15.0. The molecule has 2 aromatic heterocycles. The van der Waals surface area contributed by atoms with E-state index in [9.17, 15) is 19.1 Å². The van der Waals surface area contributed by atoms with E-state index < -0.39 is 5.97 Å². The van der Waals surface area contributed by atoms with Gasteiger partial charge >= 0.3 is 5.97 Å². The fourth-order valence-corrected chi connectivity index (χ4v) is 4.08. The summed E-state index contributed by atoms with van der Waals surface area (Å²) >= 11 is 0.998. The van der Waals surface area contributed by atoms with Gasteiger partial charge in [0.2, 0.25) is 0 Å². The Morgan fingerprint density at radius 3 is 2.48 bits per heavy atom. The van der Waals surface area contributed by atoms with Crippen LogP contribution >= 0.6 is 11.3 Å². The number of benzene rings is 2. The van der Waals surface area contributed by atoms with Crippen LogP contribution in [0, 0.1) is 5.82 Å². The zero-order chi connectivity index (χ0) is 23.2. The van der Waals surface area contributed by atoms with Gasteiger partial charge in [-0.3, -0.25) is 9.48 Å². The van der Waals surface area contributed by atoms with Crippen molar-refractivity contribution in [1.82, 2.24) is 19.9 Å². The number of carboxylic acid groups (broad SMARTS) is 1. The van der Waals surface area contributed by atoms with Crippen LogP contribution in [0.3, 0.4) is 0 Å². The fraction of sp³-hybridized carbons (Fsp3) is 0.167. The Bertz CT molecular complexity index is 1240. The number of halogens is 1. The molecule has 0 saturated heterocycles. The van der Waals surface area contributed by atoms with Gasteiger partial charge in [-0.05, 0) is 35.7 Å². The minimum atomic E-state index is -1.08. The number of carbonyl (C=O) groups excluding carboxylic acids is 1. The minimum Gasteiger partial charge on any atom is -0.477 e. The van der Waals surface area contributed by atoms with E-state index in [1.807, 2.05) is 30.3 Å². The van der Waals surface area contributed by atoms with Gasteiger partial charge in [0.25, 0.3) is 5.91 Å². The third-order valence-electron chi connectivity index (χ3n) is 5.04. The van der Waals surface area contributed by atoms with Gasteiger partial charge in [0.15, 0.2) is 0 Å². The van der Waals surface area contributed by atoms with Crippen LogP contribution in [-0.2, 0) is 26.1 Å². The Kier molecular flexibility index (Phi) is 6.89. The summed E-state index contributed by atoms with van der Waals surface area (Å²) in [7, 11) is 0. The Labute approximate surface area is 193 Å². The van der Waals surface area contributed by atoms with Crippen molar-refractivity contribution in [3.63, 3.8) is 0 Å². The molecule has 0 aliphatic rings. The van der Waals surface area contributed by atoms with Crippen molar-refractivity contribution in [3.8, 4) is 0 Å². The molecule has 0 radical (unpaired) electrons. The van der Waals surface area contributed by atoms with Gasteiger partial charge in [0.05, 0.1) is 18.3 Å². The highest BCUT2D eigenvalue weighted by molar-refractivity contribution is 7.12. The summed E-state index contributed by atoms with van der Waals surface area (Å²) in [5, 5.41) is 19.1. The van der Waals surface area contributed by atoms with E-state index in [1.54, 1.807) is 27.9 Å². The second-order valence-electron chi connectivity index (χ2n) is 7.50. The molecule has 0 aliphatic carbocycles. The summed E-state index contributed by atoms with van der Waals surface area (Å²) in [5.74, 6) is -1.77. The van der Waals surface area contributed by atoms with Crippen LogP contribution in [0.4, 0.5) is 4.39 Å². The number of aromatic carboxylic acids is 1. The first-order chi connectivity index (χ1) is 16.0. The Morgan fingerprint density at radius 1 is 1.03 bits per heavy atom. The first-order valence-electron chi connectivity index (χ1n) is 10.3. The Balaban J connectivity index is 1.50. The summed E-state index contributed by atoms with van der Waals surface area (Å²) in [6, 6.07) is 17.3. The molecule has 168 valence electrons. The SMILES string of the molecule is O=C(O)c1cc(C(=O)N(Cc2ccc(F)cc2)Cc2cn(CCc3ccccc3)nn2)cs1. The molecule has 0 aliphatic heterocycles. The molecule has 9 heteroatoms. The quantitative estimate of drug-likeness (QED) is 0.400. The van der Waals surface area contributed by atoms with Gasteiger partial charge in [0, 0.05) is 18.5 Å². The number of amides is 1. The average molecular weight is 465 g/mol. The number of carbonyl (C=O) groups is 2. The zero-order valence-corrected chi connectivity index (χ0v) is 18.4. The molecular weight excluding hydrogens is 443 g/mol. The van der Waals surface area contributed by atoms with Crippen molar-refractivity contribution in [3.05, 3.63) is 105 Å². The monoisotopic (exact) mass is 464 g/mol. The van der Waals surface area contributed by atoms with E-state index in [4.69, 9.17) is 0 Å². The number of aromatic nitrogens is 3. The molecule has 4 aromatic rings. The summed E-state index contributed by atoms with van der Waals surface area (Å²) in [4.78, 5) is 26.0. The first-order valence-corrected chi connectivity index (χ1v) is 11.1. The van der Waals surface area contributed by atoms with E-state index in [1.165, 1.54) is 29.1 Å². The molecule has 1 amide bonds. The maximum Gasteiger partial charge on any atom is 0.345 e. The lowest BCUT2D eigenvalue weighted by Gasteiger charge is -2.21. The summed E-state index contributed by atoms with van der Waals surface area (Å²) in [6.45, 7) is 1.05. The molecule has 2 aromatic carbocycles. The zero-order valence-electron chi connectivity index (χ0n) is 17.6. The third-order valence-corrected chi connectivity index (χ3v) is 5.96. The topological polar surface area (TPSA) is 88.3 Å². The van der Waals surface area contributed by atoms with E-state index >= 15 is 0 Å². The maximum absolute atomic E-state index is 13.3. The minimum absolute atomic E-state index is 0.0898.